The van der Waals surface area contributed by atoms with Gasteiger partial charge in [-0.15, -0.1) is 0 Å². The van der Waals surface area contributed by atoms with Gasteiger partial charge in [0.1, 0.15) is 10.9 Å². The Hall–Kier alpha value is -1.79. The van der Waals surface area contributed by atoms with Crippen molar-refractivity contribution in [1.29, 1.82) is 0 Å². The van der Waals surface area contributed by atoms with Crippen molar-refractivity contribution in [2.45, 2.75) is 0 Å². The molecule has 1 heterocycles. The first-order chi connectivity index (χ1) is 9.49. The molecule has 0 saturated carbocycles. The molecule has 0 fully saturated rings. The van der Waals surface area contributed by atoms with E-state index in [2.05, 4.69) is 26.2 Å². The van der Waals surface area contributed by atoms with Crippen LogP contribution in [-0.4, -0.2) is 18.0 Å². The molecule has 0 aliphatic rings. The molecule has 0 radical (unpaired) electrons. The summed E-state index contributed by atoms with van der Waals surface area (Å²) in [4.78, 5) is 16.0. The Balaban J connectivity index is 2.27. The minimum absolute atomic E-state index is 0.0960. The number of carbonyl (C=O) groups excluding carboxylic acids is 1. The summed E-state index contributed by atoms with van der Waals surface area (Å²) in [5.41, 5.74) is 6.75. The number of methoxy groups -OCH3 is 1. The highest BCUT2D eigenvalue weighted by Gasteiger charge is 2.13. The zero-order valence-electron chi connectivity index (χ0n) is 10.5. The molecule has 3 N–H and O–H groups in total. The Morgan fingerprint density at radius 1 is 1.40 bits per heavy atom. The molecule has 7 heteroatoms. The number of nitrogens with one attached hydrogen (secondary N) is 1. The first-order valence-electron chi connectivity index (χ1n) is 5.56. The zero-order valence-corrected chi connectivity index (χ0v) is 12.8. The summed E-state index contributed by atoms with van der Waals surface area (Å²) in [6, 6.07) is 6.69. The van der Waals surface area contributed by atoms with Gasteiger partial charge in [0.25, 0.3) is 5.91 Å². The lowest BCUT2D eigenvalue weighted by molar-refractivity contribution is 0.102. The Bertz CT molecular complexity index is 664. The van der Waals surface area contributed by atoms with Crippen LogP contribution in [-0.2, 0) is 0 Å². The number of nitrogens with two attached hydrogens (primary N) is 1. The molecule has 1 aromatic carbocycles. The predicted molar refractivity (Wildman–Crippen MR) is 82.3 cm³/mol. The number of amides is 1. The van der Waals surface area contributed by atoms with Gasteiger partial charge in [-0.2, -0.15) is 0 Å². The van der Waals surface area contributed by atoms with Crippen LogP contribution >= 0.6 is 27.5 Å². The average molecular weight is 357 g/mol. The number of nitrogens with zero attached hydrogens (tertiary/aromatic N) is 1. The van der Waals surface area contributed by atoms with Crippen LogP contribution in [0.1, 0.15) is 10.4 Å². The van der Waals surface area contributed by atoms with Crippen molar-refractivity contribution < 1.29 is 9.53 Å². The Morgan fingerprint density at radius 3 is 2.85 bits per heavy atom. The molecule has 2 rings (SSSR count). The van der Waals surface area contributed by atoms with Crippen molar-refractivity contribution in [2.24, 2.45) is 0 Å². The van der Waals surface area contributed by atoms with Crippen LogP contribution in [0.3, 0.4) is 0 Å². The van der Waals surface area contributed by atoms with Gasteiger partial charge in [-0.05, 0) is 18.2 Å². The Labute approximate surface area is 129 Å². The quantitative estimate of drug-likeness (QED) is 0.827. The lowest BCUT2D eigenvalue weighted by atomic mass is 10.2. The number of hydrogen-bond acceptors (Lipinski definition) is 4. The van der Waals surface area contributed by atoms with Gasteiger partial charge in [-0.25, -0.2) is 4.98 Å². The van der Waals surface area contributed by atoms with Crippen LogP contribution in [0.25, 0.3) is 0 Å². The number of pyridine rings is 1. The molecule has 5 nitrogen and oxygen atoms in total. The fourth-order valence-corrected chi connectivity index (χ4v) is 2.24. The molecule has 0 unspecified atom stereocenters. The van der Waals surface area contributed by atoms with E-state index in [4.69, 9.17) is 22.1 Å². The van der Waals surface area contributed by atoms with E-state index in [9.17, 15) is 4.79 Å². The van der Waals surface area contributed by atoms with Crippen LogP contribution in [0.15, 0.2) is 34.9 Å². The summed E-state index contributed by atoms with van der Waals surface area (Å²) in [7, 11) is 1.55. The fourth-order valence-electron chi connectivity index (χ4n) is 1.57. The van der Waals surface area contributed by atoms with Gasteiger partial charge in [0.2, 0.25) is 0 Å². The van der Waals surface area contributed by atoms with Crippen molar-refractivity contribution in [2.75, 3.05) is 18.2 Å². The SMILES string of the molecule is COc1cc(Br)cc(NC(=O)c2cc(N)cnc2Cl)c1. The molecule has 1 aromatic heterocycles. The van der Waals surface area contributed by atoms with Crippen LogP contribution in [0.4, 0.5) is 11.4 Å². The van der Waals surface area contributed by atoms with Crippen LogP contribution in [0.2, 0.25) is 5.15 Å². The molecular formula is C13H11BrClN3O2. The molecule has 0 bridgehead atoms. The van der Waals surface area contributed by atoms with Crippen molar-refractivity contribution in [3.63, 3.8) is 0 Å². The zero-order chi connectivity index (χ0) is 14.7. The summed E-state index contributed by atoms with van der Waals surface area (Å²) in [6.07, 6.45) is 1.39. The van der Waals surface area contributed by atoms with Crippen LogP contribution in [0.5, 0.6) is 5.75 Å². The normalized spacial score (nSPS) is 10.2. The summed E-state index contributed by atoms with van der Waals surface area (Å²) in [5.74, 6) is 0.224. The predicted octanol–water partition coefficient (Wildman–Crippen LogP) is 3.34. The summed E-state index contributed by atoms with van der Waals surface area (Å²) >= 11 is 9.22. The number of anilines is 2. The van der Waals surface area contributed by atoms with E-state index in [1.807, 2.05) is 0 Å². The van der Waals surface area contributed by atoms with E-state index in [1.165, 1.54) is 12.3 Å². The molecule has 104 valence electrons. The van der Waals surface area contributed by atoms with Gasteiger partial charge in [-0.3, -0.25) is 4.79 Å². The smallest absolute Gasteiger partial charge is 0.258 e. The van der Waals surface area contributed by atoms with E-state index < -0.39 is 5.91 Å². The highest BCUT2D eigenvalue weighted by molar-refractivity contribution is 9.10. The standard InChI is InChI=1S/C13H11BrClN3O2/c1-20-10-3-7(14)2-9(5-10)18-13(19)11-4-8(16)6-17-12(11)15/h2-6H,16H2,1H3,(H,18,19). The van der Waals surface area contributed by atoms with Gasteiger partial charge in [0.05, 0.1) is 24.6 Å². The van der Waals surface area contributed by atoms with Gasteiger partial charge in [0, 0.05) is 16.2 Å². The number of benzene rings is 1. The van der Waals surface area contributed by atoms with E-state index in [0.29, 0.717) is 17.1 Å². The molecule has 0 aliphatic carbocycles. The molecule has 2 aromatic rings. The fraction of sp³-hybridized carbons (Fsp3) is 0.0769. The molecule has 0 atom stereocenters. The summed E-state index contributed by atoms with van der Waals surface area (Å²) < 4.78 is 5.91. The third-order valence-electron chi connectivity index (χ3n) is 2.47. The molecule has 0 spiro atoms. The third kappa shape index (κ3) is 3.40. The molecule has 20 heavy (non-hydrogen) atoms. The Kier molecular flexibility index (Phi) is 4.46. The van der Waals surface area contributed by atoms with Crippen molar-refractivity contribution in [3.05, 3.63) is 45.7 Å². The van der Waals surface area contributed by atoms with E-state index >= 15 is 0 Å². The molecule has 0 saturated heterocycles. The van der Waals surface area contributed by atoms with Gasteiger partial charge in [0.15, 0.2) is 0 Å². The maximum atomic E-state index is 12.2. The topological polar surface area (TPSA) is 77.2 Å². The molecule has 0 aliphatic heterocycles. The highest BCUT2D eigenvalue weighted by Crippen LogP contribution is 2.25. The minimum Gasteiger partial charge on any atom is -0.497 e. The third-order valence-corrected chi connectivity index (χ3v) is 3.23. The second-order valence-electron chi connectivity index (χ2n) is 3.94. The monoisotopic (exact) mass is 355 g/mol. The summed E-state index contributed by atoms with van der Waals surface area (Å²) in [6.45, 7) is 0. The van der Waals surface area contributed by atoms with Crippen molar-refractivity contribution in [3.8, 4) is 5.75 Å². The number of ether oxygens (including phenoxy) is 1. The number of nitrogen functional groups attached to an aromatic ring is 1. The minimum atomic E-state index is -0.394. The van der Waals surface area contributed by atoms with Crippen LogP contribution in [0, 0.1) is 0 Å². The van der Waals surface area contributed by atoms with E-state index in [-0.39, 0.29) is 10.7 Å². The van der Waals surface area contributed by atoms with Crippen molar-refractivity contribution in [1.82, 2.24) is 4.98 Å². The van der Waals surface area contributed by atoms with Crippen molar-refractivity contribution >= 4 is 44.8 Å². The lowest BCUT2D eigenvalue weighted by Gasteiger charge is -2.09. The number of hydrogen-bond donors (Lipinski definition) is 2. The Morgan fingerprint density at radius 2 is 2.15 bits per heavy atom. The van der Waals surface area contributed by atoms with Gasteiger partial charge < -0.3 is 15.8 Å². The van der Waals surface area contributed by atoms with E-state index in [1.54, 1.807) is 25.3 Å². The number of carbonyl (C=O) groups is 1. The summed E-state index contributed by atoms with van der Waals surface area (Å²) in [5, 5.41) is 2.81. The largest absolute Gasteiger partial charge is 0.497 e. The highest BCUT2D eigenvalue weighted by atomic mass is 79.9. The second kappa shape index (κ2) is 6.11. The molecule has 1 amide bonds. The number of aromatic nitrogens is 1. The average Bonchev–Trinajstić information content (AvgIpc) is 2.40. The van der Waals surface area contributed by atoms with Gasteiger partial charge in [-0.1, -0.05) is 27.5 Å². The number of rotatable bonds is 3. The lowest BCUT2D eigenvalue weighted by Crippen LogP contribution is -2.13. The maximum Gasteiger partial charge on any atom is 0.258 e. The van der Waals surface area contributed by atoms with Gasteiger partial charge >= 0.3 is 0 Å². The first kappa shape index (κ1) is 14.6. The second-order valence-corrected chi connectivity index (χ2v) is 5.21. The van der Waals surface area contributed by atoms with Crippen LogP contribution < -0.4 is 15.8 Å². The molecular weight excluding hydrogens is 346 g/mol. The maximum absolute atomic E-state index is 12.2. The van der Waals surface area contributed by atoms with E-state index in [0.717, 1.165) is 4.47 Å². The first-order valence-corrected chi connectivity index (χ1v) is 6.73. The number of halogens is 2.